The van der Waals surface area contributed by atoms with Gasteiger partial charge in [0.1, 0.15) is 0 Å². The van der Waals surface area contributed by atoms with Gasteiger partial charge in [0.25, 0.3) is 0 Å². The van der Waals surface area contributed by atoms with E-state index in [1.54, 1.807) is 0 Å². The largest absolute Gasteiger partial charge is 0.330 e. The van der Waals surface area contributed by atoms with Crippen LogP contribution in [0.5, 0.6) is 0 Å². The summed E-state index contributed by atoms with van der Waals surface area (Å²) in [4.78, 5) is 0. The highest BCUT2D eigenvalue weighted by Crippen LogP contribution is 2.11. The van der Waals surface area contributed by atoms with Crippen molar-refractivity contribution in [1.29, 1.82) is 0 Å². The van der Waals surface area contributed by atoms with E-state index in [1.165, 1.54) is 5.57 Å². The van der Waals surface area contributed by atoms with Crippen molar-refractivity contribution in [2.75, 3.05) is 6.54 Å². The Morgan fingerprint density at radius 3 is 3.00 bits per heavy atom. The minimum absolute atomic E-state index is 0.557. The van der Waals surface area contributed by atoms with Crippen LogP contribution in [0.15, 0.2) is 36.0 Å². The number of allylic oxidation sites excluding steroid dienone is 5. The van der Waals surface area contributed by atoms with Crippen molar-refractivity contribution in [3.05, 3.63) is 36.0 Å². The Balaban J connectivity index is 2.61. The van der Waals surface area contributed by atoms with E-state index < -0.39 is 0 Å². The van der Waals surface area contributed by atoms with Gasteiger partial charge in [0.05, 0.1) is 0 Å². The average Bonchev–Trinajstić information content (AvgIpc) is 2.17. The fourth-order valence-corrected chi connectivity index (χ4v) is 1.08. The maximum atomic E-state index is 5.45. The molecule has 0 saturated carbocycles. The van der Waals surface area contributed by atoms with Crippen LogP contribution in [0.1, 0.15) is 13.3 Å². The molecule has 0 fully saturated rings. The Kier molecular flexibility index (Phi) is 3.12. The minimum Gasteiger partial charge on any atom is -0.330 e. The highest BCUT2D eigenvalue weighted by atomic mass is 14.5. The molecule has 11 heavy (non-hydrogen) atoms. The van der Waals surface area contributed by atoms with Gasteiger partial charge in [-0.2, -0.15) is 0 Å². The van der Waals surface area contributed by atoms with Gasteiger partial charge in [0.2, 0.25) is 0 Å². The third-order valence-electron chi connectivity index (χ3n) is 1.77. The molecule has 1 aliphatic carbocycles. The van der Waals surface area contributed by atoms with E-state index in [-0.39, 0.29) is 0 Å². The van der Waals surface area contributed by atoms with Crippen molar-refractivity contribution in [2.24, 2.45) is 11.7 Å². The molecule has 0 heterocycles. The summed E-state index contributed by atoms with van der Waals surface area (Å²) in [5.74, 6) is 0.557. The van der Waals surface area contributed by atoms with E-state index in [1.807, 2.05) is 0 Å². The maximum Gasteiger partial charge on any atom is -0.00367 e. The second kappa shape index (κ2) is 4.14. The molecule has 0 radical (unpaired) electrons. The third kappa shape index (κ3) is 2.72. The highest BCUT2D eigenvalue weighted by Gasteiger charge is 1.95. The monoisotopic (exact) mass is 149 g/mol. The normalized spacial score (nSPS) is 23.1. The number of hydrogen-bond donors (Lipinski definition) is 1. The van der Waals surface area contributed by atoms with E-state index in [0.717, 1.165) is 13.0 Å². The predicted octanol–water partition coefficient (Wildman–Crippen LogP) is 2.02. The predicted molar refractivity (Wildman–Crippen MR) is 49.2 cm³/mol. The number of hydrogen-bond acceptors (Lipinski definition) is 1. The summed E-state index contributed by atoms with van der Waals surface area (Å²) >= 11 is 0. The quantitative estimate of drug-likeness (QED) is 0.638. The standard InChI is InChI=1S/C10H15N/c1-9-3-2-4-10(6-5-9)7-8-11/h2-6,9H,7-8,11H2,1H3. The van der Waals surface area contributed by atoms with Gasteiger partial charge in [0, 0.05) is 0 Å². The summed E-state index contributed by atoms with van der Waals surface area (Å²) in [6.45, 7) is 2.91. The first-order valence-electron chi connectivity index (χ1n) is 4.08. The summed E-state index contributed by atoms with van der Waals surface area (Å²) in [6, 6.07) is 0. The van der Waals surface area contributed by atoms with Crippen LogP contribution in [0.3, 0.4) is 0 Å². The second-order valence-electron chi connectivity index (χ2n) is 2.88. The summed E-state index contributed by atoms with van der Waals surface area (Å²) in [7, 11) is 0. The molecule has 0 amide bonds. The Bertz CT molecular complexity index is 199. The highest BCUT2D eigenvalue weighted by molar-refractivity contribution is 5.28. The van der Waals surface area contributed by atoms with Gasteiger partial charge >= 0.3 is 0 Å². The van der Waals surface area contributed by atoms with Crippen molar-refractivity contribution in [1.82, 2.24) is 0 Å². The zero-order valence-corrected chi connectivity index (χ0v) is 6.96. The van der Waals surface area contributed by atoms with Crippen molar-refractivity contribution < 1.29 is 0 Å². The molecule has 0 saturated heterocycles. The van der Waals surface area contributed by atoms with Gasteiger partial charge in [-0.15, -0.1) is 0 Å². The number of nitrogens with two attached hydrogens (primary N) is 1. The lowest BCUT2D eigenvalue weighted by molar-refractivity contribution is 0.935. The Hall–Kier alpha value is -0.820. The van der Waals surface area contributed by atoms with Crippen LogP contribution in [-0.2, 0) is 0 Å². The third-order valence-corrected chi connectivity index (χ3v) is 1.77. The van der Waals surface area contributed by atoms with Crippen LogP contribution < -0.4 is 5.73 Å². The molecule has 2 N–H and O–H groups in total. The first-order chi connectivity index (χ1) is 5.33. The number of rotatable bonds is 2. The molecule has 1 rings (SSSR count). The molecule has 1 heteroatoms. The van der Waals surface area contributed by atoms with Crippen LogP contribution in [0.4, 0.5) is 0 Å². The molecular weight excluding hydrogens is 134 g/mol. The van der Waals surface area contributed by atoms with E-state index in [2.05, 4.69) is 37.3 Å². The summed E-state index contributed by atoms with van der Waals surface area (Å²) in [5, 5.41) is 0. The van der Waals surface area contributed by atoms with Crippen molar-refractivity contribution >= 4 is 0 Å². The van der Waals surface area contributed by atoms with Gasteiger partial charge in [-0.3, -0.25) is 0 Å². The van der Waals surface area contributed by atoms with Crippen molar-refractivity contribution in [2.45, 2.75) is 13.3 Å². The van der Waals surface area contributed by atoms with Crippen LogP contribution in [0.2, 0.25) is 0 Å². The van der Waals surface area contributed by atoms with Crippen molar-refractivity contribution in [3.63, 3.8) is 0 Å². The zero-order chi connectivity index (χ0) is 8.10. The lowest BCUT2D eigenvalue weighted by atomic mass is 10.1. The Morgan fingerprint density at radius 1 is 1.45 bits per heavy atom. The molecule has 0 aromatic heterocycles. The van der Waals surface area contributed by atoms with E-state index in [0.29, 0.717) is 5.92 Å². The van der Waals surface area contributed by atoms with E-state index >= 15 is 0 Å². The maximum absolute atomic E-state index is 5.45. The first kappa shape index (κ1) is 8.28. The lowest BCUT2D eigenvalue weighted by Crippen LogP contribution is -1.98. The molecule has 0 aromatic carbocycles. The fraction of sp³-hybridized carbons (Fsp3) is 0.400. The van der Waals surface area contributed by atoms with E-state index in [4.69, 9.17) is 5.73 Å². The van der Waals surface area contributed by atoms with Crippen LogP contribution in [-0.4, -0.2) is 6.54 Å². The molecule has 1 nitrogen and oxygen atoms in total. The molecule has 1 aliphatic rings. The smallest absolute Gasteiger partial charge is 0.00367 e. The van der Waals surface area contributed by atoms with Crippen LogP contribution in [0.25, 0.3) is 0 Å². The zero-order valence-electron chi connectivity index (χ0n) is 6.96. The SMILES string of the molecule is CC1C=CC=C(CCN)C=C1. The summed E-state index contributed by atoms with van der Waals surface area (Å²) in [6.07, 6.45) is 11.8. The molecule has 60 valence electrons. The minimum atomic E-state index is 0.557. The molecule has 0 spiro atoms. The molecule has 1 atom stereocenters. The van der Waals surface area contributed by atoms with E-state index in [9.17, 15) is 0 Å². The Labute approximate surface area is 68.3 Å². The van der Waals surface area contributed by atoms with Gasteiger partial charge in [-0.05, 0) is 24.5 Å². The Morgan fingerprint density at radius 2 is 2.27 bits per heavy atom. The second-order valence-corrected chi connectivity index (χ2v) is 2.88. The molecule has 0 aromatic rings. The molecular formula is C10H15N. The van der Waals surface area contributed by atoms with Crippen LogP contribution >= 0.6 is 0 Å². The van der Waals surface area contributed by atoms with Gasteiger partial charge < -0.3 is 5.73 Å². The van der Waals surface area contributed by atoms with Gasteiger partial charge in [-0.25, -0.2) is 0 Å². The topological polar surface area (TPSA) is 26.0 Å². The average molecular weight is 149 g/mol. The summed E-state index contributed by atoms with van der Waals surface area (Å²) in [5.41, 5.74) is 6.77. The first-order valence-corrected chi connectivity index (χ1v) is 4.08. The molecule has 0 aliphatic heterocycles. The van der Waals surface area contributed by atoms with Crippen LogP contribution in [0, 0.1) is 5.92 Å². The fourth-order valence-electron chi connectivity index (χ4n) is 1.08. The molecule has 0 bridgehead atoms. The molecule has 1 unspecified atom stereocenters. The summed E-state index contributed by atoms with van der Waals surface area (Å²) < 4.78 is 0. The van der Waals surface area contributed by atoms with Gasteiger partial charge in [0.15, 0.2) is 0 Å². The van der Waals surface area contributed by atoms with Gasteiger partial charge in [-0.1, -0.05) is 37.3 Å². The lowest BCUT2D eigenvalue weighted by Gasteiger charge is -1.96. The van der Waals surface area contributed by atoms with Crippen molar-refractivity contribution in [3.8, 4) is 0 Å².